The number of fused-ring (bicyclic) bond motifs is 1. The molecule has 0 unspecified atom stereocenters. The van der Waals surface area contributed by atoms with Crippen LogP contribution in [-0.2, 0) is 15.8 Å². The van der Waals surface area contributed by atoms with Crippen molar-refractivity contribution >= 4 is 38.5 Å². The van der Waals surface area contributed by atoms with Crippen molar-refractivity contribution in [3.63, 3.8) is 0 Å². The van der Waals surface area contributed by atoms with Gasteiger partial charge in [-0.1, -0.05) is 11.3 Å². The number of amides is 2. The van der Waals surface area contributed by atoms with Gasteiger partial charge >= 0.3 is 6.18 Å². The molecule has 8 heteroatoms. The SMILES string of the molecule is CC1=C(C)C(=O)N(c2nc3cc(C(F)(F)F)ccc3s2)C1=O. The highest BCUT2D eigenvalue weighted by Crippen LogP contribution is 2.36. The summed E-state index contributed by atoms with van der Waals surface area (Å²) < 4.78 is 38.6. The average molecular weight is 326 g/mol. The zero-order valence-electron chi connectivity index (χ0n) is 11.5. The van der Waals surface area contributed by atoms with Crippen LogP contribution in [0.2, 0.25) is 0 Å². The van der Waals surface area contributed by atoms with Crippen LogP contribution >= 0.6 is 11.3 Å². The summed E-state index contributed by atoms with van der Waals surface area (Å²) in [4.78, 5) is 29.0. The zero-order valence-corrected chi connectivity index (χ0v) is 12.3. The van der Waals surface area contributed by atoms with Crippen LogP contribution in [0.15, 0.2) is 29.3 Å². The number of alkyl halides is 3. The first-order valence-electron chi connectivity index (χ1n) is 6.24. The third kappa shape index (κ3) is 2.10. The molecule has 114 valence electrons. The van der Waals surface area contributed by atoms with Crippen LogP contribution in [0.1, 0.15) is 19.4 Å². The van der Waals surface area contributed by atoms with E-state index >= 15 is 0 Å². The Balaban J connectivity index is 2.07. The molecule has 0 N–H and O–H groups in total. The molecule has 22 heavy (non-hydrogen) atoms. The van der Waals surface area contributed by atoms with Gasteiger partial charge in [0.25, 0.3) is 11.8 Å². The number of thiazole rings is 1. The van der Waals surface area contributed by atoms with Crippen LogP contribution in [0.25, 0.3) is 10.2 Å². The molecule has 2 heterocycles. The molecule has 2 aromatic rings. The monoisotopic (exact) mass is 326 g/mol. The predicted molar refractivity (Wildman–Crippen MR) is 75.5 cm³/mol. The average Bonchev–Trinajstić information content (AvgIpc) is 2.93. The lowest BCUT2D eigenvalue weighted by Gasteiger charge is -2.09. The molecule has 0 fully saturated rings. The van der Waals surface area contributed by atoms with Gasteiger partial charge in [-0.15, -0.1) is 0 Å². The third-order valence-corrected chi connectivity index (χ3v) is 4.53. The van der Waals surface area contributed by atoms with E-state index < -0.39 is 23.6 Å². The highest BCUT2D eigenvalue weighted by molar-refractivity contribution is 7.22. The number of benzene rings is 1. The van der Waals surface area contributed by atoms with Crippen LogP contribution in [0.5, 0.6) is 0 Å². The molecule has 2 amide bonds. The van der Waals surface area contributed by atoms with Crippen molar-refractivity contribution in [3.05, 3.63) is 34.9 Å². The van der Waals surface area contributed by atoms with Crippen LogP contribution in [0, 0.1) is 0 Å². The minimum atomic E-state index is -4.47. The Hall–Kier alpha value is -2.22. The summed E-state index contributed by atoms with van der Waals surface area (Å²) in [7, 11) is 0. The second-order valence-electron chi connectivity index (χ2n) is 4.87. The number of carbonyl (C=O) groups excluding carboxylic acids is 2. The van der Waals surface area contributed by atoms with Gasteiger partial charge in [0.05, 0.1) is 15.8 Å². The molecule has 4 nitrogen and oxygen atoms in total. The smallest absolute Gasteiger partial charge is 0.268 e. The van der Waals surface area contributed by atoms with E-state index in [0.717, 1.165) is 28.4 Å². The van der Waals surface area contributed by atoms with E-state index in [4.69, 9.17) is 0 Å². The van der Waals surface area contributed by atoms with Gasteiger partial charge in [0.1, 0.15) is 0 Å². The summed E-state index contributed by atoms with van der Waals surface area (Å²) in [6.45, 7) is 3.06. The normalized spacial score (nSPS) is 16.3. The summed E-state index contributed by atoms with van der Waals surface area (Å²) in [5.41, 5.74) is -0.0699. The second kappa shape index (κ2) is 4.64. The molecule has 1 aromatic carbocycles. The van der Waals surface area contributed by atoms with Gasteiger partial charge in [-0.2, -0.15) is 13.2 Å². The molecule has 0 atom stereocenters. The molecule has 3 rings (SSSR count). The fraction of sp³-hybridized carbons (Fsp3) is 0.214. The lowest BCUT2D eigenvalue weighted by molar-refractivity contribution is -0.137. The third-order valence-electron chi connectivity index (χ3n) is 3.51. The molecule has 0 saturated carbocycles. The number of carbonyl (C=O) groups is 2. The number of anilines is 1. The molecular weight excluding hydrogens is 317 g/mol. The van der Waals surface area contributed by atoms with Crippen molar-refractivity contribution in [2.24, 2.45) is 0 Å². The van der Waals surface area contributed by atoms with Crippen LogP contribution in [0.4, 0.5) is 18.3 Å². The molecule has 0 bridgehead atoms. The number of aromatic nitrogens is 1. The minimum Gasteiger partial charge on any atom is -0.268 e. The summed E-state index contributed by atoms with van der Waals surface area (Å²) in [6, 6.07) is 3.15. The number of nitrogens with zero attached hydrogens (tertiary/aromatic N) is 2. The Morgan fingerprint density at radius 3 is 2.23 bits per heavy atom. The molecule has 0 saturated heterocycles. The van der Waals surface area contributed by atoms with E-state index in [1.807, 2.05) is 0 Å². The first-order chi connectivity index (χ1) is 10.2. The Bertz CT molecular complexity index is 827. The highest BCUT2D eigenvalue weighted by Gasteiger charge is 2.37. The van der Waals surface area contributed by atoms with E-state index in [-0.39, 0.29) is 10.6 Å². The summed E-state index contributed by atoms with van der Waals surface area (Å²) in [6.07, 6.45) is -4.47. The quantitative estimate of drug-likeness (QED) is 0.753. The summed E-state index contributed by atoms with van der Waals surface area (Å²) in [5.74, 6) is -0.977. The Morgan fingerprint density at radius 2 is 1.68 bits per heavy atom. The van der Waals surface area contributed by atoms with E-state index in [1.54, 1.807) is 0 Å². The molecule has 1 aromatic heterocycles. The lowest BCUT2D eigenvalue weighted by Crippen LogP contribution is -2.31. The topological polar surface area (TPSA) is 50.3 Å². The van der Waals surface area contributed by atoms with Gasteiger partial charge in [-0.3, -0.25) is 9.59 Å². The van der Waals surface area contributed by atoms with E-state index in [0.29, 0.717) is 15.8 Å². The van der Waals surface area contributed by atoms with Crippen molar-refractivity contribution in [3.8, 4) is 0 Å². The van der Waals surface area contributed by atoms with Crippen LogP contribution < -0.4 is 4.90 Å². The van der Waals surface area contributed by atoms with Gasteiger partial charge in [0.15, 0.2) is 0 Å². The Kier molecular flexibility index (Phi) is 3.10. The minimum absolute atomic E-state index is 0.0838. The second-order valence-corrected chi connectivity index (χ2v) is 5.88. The number of halogens is 3. The van der Waals surface area contributed by atoms with Crippen molar-refractivity contribution in [2.75, 3.05) is 4.90 Å². The number of hydrogen-bond donors (Lipinski definition) is 0. The van der Waals surface area contributed by atoms with Gasteiger partial charge in [0, 0.05) is 11.1 Å². The fourth-order valence-corrected chi connectivity index (χ4v) is 3.05. The molecule has 1 aliphatic rings. The maximum absolute atomic E-state index is 12.7. The molecule has 1 aliphatic heterocycles. The van der Waals surface area contributed by atoms with E-state index in [2.05, 4.69) is 4.98 Å². The van der Waals surface area contributed by atoms with E-state index in [1.165, 1.54) is 19.9 Å². The van der Waals surface area contributed by atoms with Crippen molar-refractivity contribution < 1.29 is 22.8 Å². The first-order valence-corrected chi connectivity index (χ1v) is 7.06. The predicted octanol–water partition coefficient (Wildman–Crippen LogP) is 3.52. The number of hydrogen-bond acceptors (Lipinski definition) is 4. The zero-order chi connectivity index (χ0) is 16.2. The Morgan fingerprint density at radius 1 is 1.09 bits per heavy atom. The maximum Gasteiger partial charge on any atom is 0.416 e. The first kappa shape index (κ1) is 14.7. The largest absolute Gasteiger partial charge is 0.416 e. The van der Waals surface area contributed by atoms with Gasteiger partial charge in [-0.25, -0.2) is 9.88 Å². The Labute approximate surface area is 126 Å². The fourth-order valence-electron chi connectivity index (χ4n) is 2.11. The maximum atomic E-state index is 12.7. The van der Waals surface area contributed by atoms with Crippen molar-refractivity contribution in [1.29, 1.82) is 0 Å². The van der Waals surface area contributed by atoms with Gasteiger partial charge < -0.3 is 0 Å². The molecule has 0 radical (unpaired) electrons. The van der Waals surface area contributed by atoms with Crippen molar-refractivity contribution in [2.45, 2.75) is 20.0 Å². The van der Waals surface area contributed by atoms with E-state index in [9.17, 15) is 22.8 Å². The highest BCUT2D eigenvalue weighted by atomic mass is 32.1. The lowest BCUT2D eigenvalue weighted by atomic mass is 10.2. The number of imide groups is 1. The molecular formula is C14H9F3N2O2S. The van der Waals surface area contributed by atoms with Crippen LogP contribution in [-0.4, -0.2) is 16.8 Å². The molecule has 0 spiro atoms. The number of rotatable bonds is 1. The van der Waals surface area contributed by atoms with Crippen LogP contribution in [0.3, 0.4) is 0 Å². The summed E-state index contributed by atoms with van der Waals surface area (Å²) in [5, 5.41) is 0.0838. The van der Waals surface area contributed by atoms with Gasteiger partial charge in [-0.05, 0) is 32.0 Å². The van der Waals surface area contributed by atoms with Gasteiger partial charge in [0.2, 0.25) is 5.13 Å². The summed E-state index contributed by atoms with van der Waals surface area (Å²) >= 11 is 1.00. The van der Waals surface area contributed by atoms with Crippen molar-refractivity contribution in [1.82, 2.24) is 4.98 Å². The molecule has 0 aliphatic carbocycles. The standard InChI is InChI=1S/C14H9F3N2O2S/c1-6-7(2)12(21)19(11(6)20)13-18-9-5-8(14(15,16)17)3-4-10(9)22-13/h3-5H,1-2H3.